The third-order valence-corrected chi connectivity index (χ3v) is 2.97. The number of carbonyl (C=O) groups excluding carboxylic acids is 1. The number of carboxylic acids is 1. The van der Waals surface area contributed by atoms with Gasteiger partial charge in [-0.05, 0) is 30.7 Å². The number of anilines is 1. The first kappa shape index (κ1) is 17.0. The minimum absolute atomic E-state index is 0.0228. The Labute approximate surface area is 125 Å². The Morgan fingerprint density at radius 1 is 1.10 bits per heavy atom. The fourth-order valence-corrected chi connectivity index (χ4v) is 1.80. The lowest BCUT2D eigenvalue weighted by Gasteiger charge is -2.08. The molecule has 1 aromatic carbocycles. The molecule has 0 atom stereocenters. The number of carboxylic acid groups (broad SMARTS) is 1. The number of benzene rings is 1. The third-order valence-electron chi connectivity index (χ3n) is 2.97. The van der Waals surface area contributed by atoms with Crippen LogP contribution in [0.1, 0.15) is 45.4 Å². The summed E-state index contributed by atoms with van der Waals surface area (Å²) in [7, 11) is 0. The van der Waals surface area contributed by atoms with Gasteiger partial charge >= 0.3 is 5.97 Å². The molecule has 0 saturated carbocycles. The largest absolute Gasteiger partial charge is 0.494 e. The third kappa shape index (κ3) is 7.97. The summed E-state index contributed by atoms with van der Waals surface area (Å²) in [5.41, 5.74) is 0.642. The van der Waals surface area contributed by atoms with Gasteiger partial charge in [0, 0.05) is 12.1 Å². The van der Waals surface area contributed by atoms with Crippen molar-refractivity contribution in [1.82, 2.24) is 0 Å². The summed E-state index contributed by atoms with van der Waals surface area (Å²) in [6.07, 6.45) is 4.46. The quantitative estimate of drug-likeness (QED) is 0.648. The van der Waals surface area contributed by atoms with Crippen molar-refractivity contribution >= 4 is 17.6 Å². The van der Waals surface area contributed by atoms with Crippen LogP contribution in [0.4, 0.5) is 5.69 Å². The van der Waals surface area contributed by atoms with Crippen molar-refractivity contribution in [3.63, 3.8) is 0 Å². The van der Waals surface area contributed by atoms with E-state index in [1.165, 1.54) is 19.3 Å². The van der Waals surface area contributed by atoms with E-state index >= 15 is 0 Å². The lowest BCUT2D eigenvalue weighted by Crippen LogP contribution is -2.13. The van der Waals surface area contributed by atoms with Crippen LogP contribution < -0.4 is 10.1 Å². The molecule has 0 aromatic heterocycles. The first-order valence-electron chi connectivity index (χ1n) is 7.36. The van der Waals surface area contributed by atoms with E-state index in [4.69, 9.17) is 9.84 Å². The second kappa shape index (κ2) is 9.80. The highest BCUT2D eigenvalue weighted by molar-refractivity contribution is 5.92. The summed E-state index contributed by atoms with van der Waals surface area (Å²) >= 11 is 0. The van der Waals surface area contributed by atoms with Crippen molar-refractivity contribution in [3.05, 3.63) is 24.3 Å². The van der Waals surface area contributed by atoms with Crippen molar-refractivity contribution in [1.29, 1.82) is 0 Å². The van der Waals surface area contributed by atoms with Gasteiger partial charge < -0.3 is 15.2 Å². The highest BCUT2D eigenvalue weighted by Crippen LogP contribution is 2.16. The molecule has 0 aliphatic carbocycles. The van der Waals surface area contributed by atoms with E-state index in [1.54, 1.807) is 24.3 Å². The van der Waals surface area contributed by atoms with E-state index in [0.29, 0.717) is 12.3 Å². The number of nitrogens with one attached hydrogen (secondary N) is 1. The first-order valence-corrected chi connectivity index (χ1v) is 7.36. The average Bonchev–Trinajstić information content (AvgIpc) is 2.47. The van der Waals surface area contributed by atoms with Crippen LogP contribution in [0.15, 0.2) is 24.3 Å². The van der Waals surface area contributed by atoms with Crippen LogP contribution in [0.3, 0.4) is 0 Å². The van der Waals surface area contributed by atoms with Crippen LogP contribution >= 0.6 is 0 Å². The minimum Gasteiger partial charge on any atom is -0.494 e. The van der Waals surface area contributed by atoms with E-state index in [2.05, 4.69) is 12.2 Å². The van der Waals surface area contributed by atoms with Gasteiger partial charge in [-0.15, -0.1) is 0 Å². The van der Waals surface area contributed by atoms with Crippen LogP contribution in [-0.2, 0) is 9.59 Å². The summed E-state index contributed by atoms with van der Waals surface area (Å²) in [6, 6.07) is 7.10. The van der Waals surface area contributed by atoms with Crippen LogP contribution in [0, 0.1) is 0 Å². The second-order valence-electron chi connectivity index (χ2n) is 4.88. The Hall–Kier alpha value is -2.04. The van der Waals surface area contributed by atoms with Gasteiger partial charge in [-0.2, -0.15) is 0 Å². The number of hydrogen-bond acceptors (Lipinski definition) is 3. The summed E-state index contributed by atoms with van der Waals surface area (Å²) in [5.74, 6) is -0.502. The maximum Gasteiger partial charge on any atom is 0.303 e. The van der Waals surface area contributed by atoms with Crippen LogP contribution in [0.25, 0.3) is 0 Å². The minimum atomic E-state index is -0.975. The number of carbonyl (C=O) groups is 2. The normalized spacial score (nSPS) is 10.1. The van der Waals surface area contributed by atoms with E-state index in [0.717, 1.165) is 12.2 Å². The maximum absolute atomic E-state index is 11.5. The van der Waals surface area contributed by atoms with Crippen molar-refractivity contribution in [2.24, 2.45) is 0 Å². The van der Waals surface area contributed by atoms with E-state index in [1.807, 2.05) is 0 Å². The Morgan fingerprint density at radius 3 is 2.43 bits per heavy atom. The number of unbranched alkanes of at least 4 members (excludes halogenated alkanes) is 3. The molecule has 5 nitrogen and oxygen atoms in total. The van der Waals surface area contributed by atoms with Gasteiger partial charge in [-0.3, -0.25) is 9.59 Å². The average molecular weight is 293 g/mol. The van der Waals surface area contributed by atoms with E-state index < -0.39 is 5.97 Å². The number of hydrogen-bond donors (Lipinski definition) is 2. The topological polar surface area (TPSA) is 75.6 Å². The van der Waals surface area contributed by atoms with Gasteiger partial charge in [0.1, 0.15) is 5.75 Å². The number of amides is 1. The summed E-state index contributed by atoms with van der Waals surface area (Å²) < 4.78 is 5.60. The second-order valence-corrected chi connectivity index (χ2v) is 4.88. The van der Waals surface area contributed by atoms with E-state index in [9.17, 15) is 9.59 Å². The number of aliphatic carboxylic acids is 1. The zero-order valence-electron chi connectivity index (χ0n) is 12.4. The summed E-state index contributed by atoms with van der Waals surface area (Å²) in [6.45, 7) is 2.87. The molecule has 5 heteroatoms. The van der Waals surface area contributed by atoms with Gasteiger partial charge in [0.25, 0.3) is 0 Å². The molecular weight excluding hydrogens is 270 g/mol. The molecule has 1 amide bonds. The van der Waals surface area contributed by atoms with Crippen LogP contribution in [-0.4, -0.2) is 23.6 Å². The zero-order chi connectivity index (χ0) is 15.5. The fraction of sp³-hybridized carbons (Fsp3) is 0.500. The van der Waals surface area contributed by atoms with E-state index in [-0.39, 0.29) is 18.7 Å². The van der Waals surface area contributed by atoms with Crippen LogP contribution in [0.5, 0.6) is 5.75 Å². The molecule has 2 N–H and O–H groups in total. The highest BCUT2D eigenvalue weighted by Gasteiger charge is 2.05. The first-order chi connectivity index (χ1) is 10.1. The maximum atomic E-state index is 11.5. The predicted octanol–water partition coefficient (Wildman–Crippen LogP) is 3.45. The van der Waals surface area contributed by atoms with Crippen molar-refractivity contribution < 1.29 is 19.4 Å². The van der Waals surface area contributed by atoms with Gasteiger partial charge in [0.05, 0.1) is 13.0 Å². The zero-order valence-corrected chi connectivity index (χ0v) is 12.4. The van der Waals surface area contributed by atoms with Crippen molar-refractivity contribution in [2.45, 2.75) is 45.4 Å². The monoisotopic (exact) mass is 293 g/mol. The standard InChI is InChI=1S/C16H23NO4/c1-2-3-4-5-12-21-14-8-6-13(7-9-14)17-15(18)10-11-16(19)20/h6-9H,2-5,10-12H2,1H3,(H,17,18)(H,19,20). The molecule has 0 spiro atoms. The van der Waals surface area contributed by atoms with Gasteiger partial charge in [0.2, 0.25) is 5.91 Å². The number of ether oxygens (including phenoxy) is 1. The fourth-order valence-electron chi connectivity index (χ4n) is 1.80. The Balaban J connectivity index is 2.29. The number of rotatable bonds is 10. The molecule has 0 saturated heterocycles. The molecule has 0 radical (unpaired) electrons. The molecule has 0 aliphatic rings. The predicted molar refractivity (Wildman–Crippen MR) is 81.6 cm³/mol. The Bertz CT molecular complexity index is 442. The SMILES string of the molecule is CCCCCCOc1ccc(NC(=O)CCC(=O)O)cc1. The molecule has 1 aromatic rings. The molecule has 0 heterocycles. The molecule has 0 aliphatic heterocycles. The molecule has 0 bridgehead atoms. The Morgan fingerprint density at radius 2 is 1.81 bits per heavy atom. The molecule has 21 heavy (non-hydrogen) atoms. The van der Waals surface area contributed by atoms with Crippen molar-refractivity contribution in [3.8, 4) is 5.75 Å². The molecule has 0 unspecified atom stereocenters. The van der Waals surface area contributed by atoms with Gasteiger partial charge in [-0.25, -0.2) is 0 Å². The van der Waals surface area contributed by atoms with Gasteiger partial charge in [-0.1, -0.05) is 26.2 Å². The molecule has 0 fully saturated rings. The molecule has 116 valence electrons. The van der Waals surface area contributed by atoms with Crippen LogP contribution in [0.2, 0.25) is 0 Å². The smallest absolute Gasteiger partial charge is 0.303 e. The summed E-state index contributed by atoms with van der Waals surface area (Å²) in [4.78, 5) is 21.8. The van der Waals surface area contributed by atoms with Crippen molar-refractivity contribution in [2.75, 3.05) is 11.9 Å². The molecular formula is C16H23NO4. The lowest BCUT2D eigenvalue weighted by atomic mass is 10.2. The lowest BCUT2D eigenvalue weighted by molar-refractivity contribution is -0.138. The Kier molecular flexibility index (Phi) is 7.94. The highest BCUT2D eigenvalue weighted by atomic mass is 16.5. The summed E-state index contributed by atoms with van der Waals surface area (Å²) in [5, 5.41) is 11.2. The van der Waals surface area contributed by atoms with Gasteiger partial charge in [0.15, 0.2) is 0 Å². The molecule has 1 rings (SSSR count).